The standard InChI is InChI=1S/C18H38O2Si/c1-16(2,3)14-18(7,17(4,5)6)15(19)20-12-11-13-21(8,9)10/h11-14H2,1-10H3. The summed E-state index contributed by atoms with van der Waals surface area (Å²) in [6.45, 7) is 22.7. The van der Waals surface area contributed by atoms with Crippen molar-refractivity contribution in [2.24, 2.45) is 16.2 Å². The Labute approximate surface area is 134 Å². The summed E-state index contributed by atoms with van der Waals surface area (Å²) in [5.41, 5.74) is -0.431. The van der Waals surface area contributed by atoms with E-state index in [0.717, 1.165) is 12.8 Å². The summed E-state index contributed by atoms with van der Waals surface area (Å²) in [4.78, 5) is 12.7. The molecule has 21 heavy (non-hydrogen) atoms. The fraction of sp³-hybridized carbons (Fsp3) is 0.944. The SMILES string of the molecule is CC(C)(C)CC(C)(C(=O)OCCC[Si](C)(C)C)C(C)(C)C. The number of esters is 1. The molecule has 0 aliphatic heterocycles. The van der Waals surface area contributed by atoms with E-state index in [1.54, 1.807) is 0 Å². The normalized spacial score (nSPS) is 16.5. The van der Waals surface area contributed by atoms with Crippen LogP contribution in [0.15, 0.2) is 0 Å². The molecule has 0 aliphatic carbocycles. The maximum absolute atomic E-state index is 12.7. The third-order valence-electron chi connectivity index (χ3n) is 4.29. The Balaban J connectivity index is 4.77. The lowest BCUT2D eigenvalue weighted by molar-refractivity contribution is -0.164. The molecule has 2 nitrogen and oxygen atoms in total. The van der Waals surface area contributed by atoms with E-state index in [1.807, 2.05) is 0 Å². The summed E-state index contributed by atoms with van der Waals surface area (Å²) < 4.78 is 5.66. The fourth-order valence-electron chi connectivity index (χ4n) is 2.63. The lowest BCUT2D eigenvalue weighted by Gasteiger charge is -2.43. The van der Waals surface area contributed by atoms with Crippen molar-refractivity contribution in [3.8, 4) is 0 Å². The van der Waals surface area contributed by atoms with Crippen LogP contribution in [-0.4, -0.2) is 20.7 Å². The molecule has 0 aromatic rings. The maximum atomic E-state index is 12.7. The van der Waals surface area contributed by atoms with Crippen LogP contribution < -0.4 is 0 Å². The van der Waals surface area contributed by atoms with Crippen LogP contribution in [0.25, 0.3) is 0 Å². The molecular weight excluding hydrogens is 276 g/mol. The number of ether oxygens (including phenoxy) is 1. The zero-order valence-electron chi connectivity index (χ0n) is 16.1. The van der Waals surface area contributed by atoms with Gasteiger partial charge in [0.2, 0.25) is 0 Å². The van der Waals surface area contributed by atoms with Crippen molar-refractivity contribution >= 4 is 14.0 Å². The average molecular weight is 315 g/mol. The van der Waals surface area contributed by atoms with Crippen LogP contribution >= 0.6 is 0 Å². The predicted octanol–water partition coefficient (Wildman–Crippen LogP) is 5.75. The van der Waals surface area contributed by atoms with Crippen LogP contribution in [-0.2, 0) is 9.53 Å². The van der Waals surface area contributed by atoms with Crippen LogP contribution in [0, 0.1) is 16.2 Å². The van der Waals surface area contributed by atoms with Gasteiger partial charge < -0.3 is 4.74 Å². The number of hydrogen-bond acceptors (Lipinski definition) is 2. The molecule has 0 aromatic carbocycles. The molecule has 0 radical (unpaired) electrons. The Morgan fingerprint density at radius 1 is 0.952 bits per heavy atom. The van der Waals surface area contributed by atoms with Crippen LogP contribution in [0.3, 0.4) is 0 Å². The quantitative estimate of drug-likeness (QED) is 0.354. The van der Waals surface area contributed by atoms with Gasteiger partial charge in [0.1, 0.15) is 0 Å². The fourth-order valence-corrected chi connectivity index (χ4v) is 3.84. The maximum Gasteiger partial charge on any atom is 0.312 e. The Morgan fingerprint density at radius 3 is 1.76 bits per heavy atom. The second-order valence-corrected chi connectivity index (χ2v) is 15.7. The highest BCUT2D eigenvalue weighted by molar-refractivity contribution is 6.76. The molecule has 1 atom stereocenters. The first-order valence-corrected chi connectivity index (χ1v) is 12.0. The van der Waals surface area contributed by atoms with E-state index in [-0.39, 0.29) is 16.8 Å². The highest BCUT2D eigenvalue weighted by Crippen LogP contribution is 2.47. The topological polar surface area (TPSA) is 26.3 Å². The third-order valence-corrected chi connectivity index (χ3v) is 6.15. The van der Waals surface area contributed by atoms with E-state index in [0.29, 0.717) is 6.61 Å². The highest BCUT2D eigenvalue weighted by atomic mass is 28.3. The summed E-state index contributed by atoms with van der Waals surface area (Å²) in [5, 5.41) is 0. The molecule has 3 heteroatoms. The van der Waals surface area contributed by atoms with Crippen LogP contribution in [0.2, 0.25) is 25.7 Å². The first-order chi connectivity index (χ1) is 9.08. The van der Waals surface area contributed by atoms with E-state index < -0.39 is 13.5 Å². The summed E-state index contributed by atoms with van der Waals surface area (Å²) in [7, 11) is -1.04. The molecule has 0 N–H and O–H groups in total. The van der Waals surface area contributed by atoms with Crippen LogP contribution in [0.5, 0.6) is 0 Å². The molecule has 126 valence electrons. The first-order valence-electron chi connectivity index (χ1n) is 8.26. The monoisotopic (exact) mass is 314 g/mol. The second-order valence-electron chi connectivity index (χ2n) is 10.1. The van der Waals surface area contributed by atoms with Gasteiger partial charge in [0.15, 0.2) is 0 Å². The van der Waals surface area contributed by atoms with E-state index >= 15 is 0 Å². The van der Waals surface area contributed by atoms with Crippen molar-refractivity contribution in [3.63, 3.8) is 0 Å². The molecule has 1 unspecified atom stereocenters. The van der Waals surface area contributed by atoms with Gasteiger partial charge >= 0.3 is 5.97 Å². The summed E-state index contributed by atoms with van der Waals surface area (Å²) in [5.74, 6) is -0.0273. The zero-order chi connectivity index (χ0) is 17.1. The molecule has 0 amide bonds. The Bertz CT molecular complexity index is 342. The van der Waals surface area contributed by atoms with Crippen LogP contribution in [0.4, 0.5) is 0 Å². The van der Waals surface area contributed by atoms with Gasteiger partial charge in [0.25, 0.3) is 0 Å². The predicted molar refractivity (Wildman–Crippen MR) is 95.4 cm³/mol. The van der Waals surface area contributed by atoms with Crippen molar-refractivity contribution in [2.75, 3.05) is 6.61 Å². The van der Waals surface area contributed by atoms with Gasteiger partial charge in [-0.3, -0.25) is 4.79 Å². The van der Waals surface area contributed by atoms with Gasteiger partial charge in [-0.2, -0.15) is 0 Å². The number of carbonyl (C=O) groups is 1. The van der Waals surface area contributed by atoms with Crippen molar-refractivity contribution in [1.82, 2.24) is 0 Å². The van der Waals surface area contributed by atoms with Gasteiger partial charge in [-0.25, -0.2) is 0 Å². The van der Waals surface area contributed by atoms with Gasteiger partial charge in [-0.15, -0.1) is 0 Å². The van der Waals surface area contributed by atoms with Crippen molar-refractivity contribution < 1.29 is 9.53 Å². The van der Waals surface area contributed by atoms with E-state index in [1.165, 1.54) is 6.04 Å². The lowest BCUT2D eigenvalue weighted by Crippen LogP contribution is -2.44. The third kappa shape index (κ3) is 7.48. The van der Waals surface area contributed by atoms with Gasteiger partial charge in [-0.1, -0.05) is 67.2 Å². The molecule has 0 aliphatic rings. The Morgan fingerprint density at radius 2 is 1.43 bits per heavy atom. The molecule has 0 spiro atoms. The Hall–Kier alpha value is -0.313. The second kappa shape index (κ2) is 6.85. The highest BCUT2D eigenvalue weighted by Gasteiger charge is 2.47. The molecule has 0 bridgehead atoms. The molecule has 0 saturated carbocycles. The van der Waals surface area contributed by atoms with Crippen LogP contribution in [0.1, 0.15) is 61.3 Å². The number of rotatable bonds is 6. The van der Waals surface area contributed by atoms with Crippen molar-refractivity contribution in [3.05, 3.63) is 0 Å². The Kier molecular flexibility index (Phi) is 6.74. The van der Waals surface area contributed by atoms with Gasteiger partial charge in [-0.05, 0) is 30.6 Å². The molecule has 0 fully saturated rings. The van der Waals surface area contributed by atoms with E-state index in [4.69, 9.17) is 4.74 Å². The summed E-state index contributed by atoms with van der Waals surface area (Å²) >= 11 is 0. The van der Waals surface area contributed by atoms with Gasteiger partial charge in [0, 0.05) is 8.07 Å². The van der Waals surface area contributed by atoms with E-state index in [9.17, 15) is 4.79 Å². The number of hydrogen-bond donors (Lipinski definition) is 0. The van der Waals surface area contributed by atoms with E-state index in [2.05, 4.69) is 68.1 Å². The molecule has 0 heterocycles. The minimum atomic E-state index is -1.04. The molecule has 0 aromatic heterocycles. The molecule has 0 rings (SSSR count). The molecule has 0 saturated heterocycles. The average Bonchev–Trinajstić information content (AvgIpc) is 2.18. The minimum Gasteiger partial charge on any atom is -0.465 e. The van der Waals surface area contributed by atoms with Gasteiger partial charge in [0.05, 0.1) is 12.0 Å². The zero-order valence-corrected chi connectivity index (χ0v) is 17.1. The summed E-state index contributed by atoms with van der Waals surface area (Å²) in [6, 6.07) is 1.21. The smallest absolute Gasteiger partial charge is 0.312 e. The first kappa shape index (κ1) is 20.7. The van der Waals surface area contributed by atoms with Crippen molar-refractivity contribution in [1.29, 1.82) is 0 Å². The summed E-state index contributed by atoms with van der Waals surface area (Å²) in [6.07, 6.45) is 1.84. The minimum absolute atomic E-state index is 0.0273. The van der Waals surface area contributed by atoms with Crippen molar-refractivity contribution in [2.45, 2.75) is 87.0 Å². The molecular formula is C18H38O2Si. The number of carbonyl (C=O) groups excluding carboxylic acids is 1. The lowest BCUT2D eigenvalue weighted by atomic mass is 9.61. The largest absolute Gasteiger partial charge is 0.465 e.